The number of anilines is 1. The van der Waals surface area contributed by atoms with Crippen molar-refractivity contribution in [1.29, 1.82) is 0 Å². The van der Waals surface area contributed by atoms with Crippen LogP contribution in [0, 0.1) is 6.92 Å². The van der Waals surface area contributed by atoms with Crippen molar-refractivity contribution < 1.29 is 8.42 Å². The van der Waals surface area contributed by atoms with Crippen LogP contribution in [-0.4, -0.2) is 18.0 Å². The lowest BCUT2D eigenvalue weighted by molar-refractivity contribution is 0.601. The molecule has 27 heavy (non-hydrogen) atoms. The van der Waals surface area contributed by atoms with Crippen LogP contribution in [0.4, 0.5) is 5.69 Å². The van der Waals surface area contributed by atoms with E-state index in [1.54, 1.807) is 19.1 Å². The summed E-state index contributed by atoms with van der Waals surface area (Å²) in [5.74, 6) is 1.07. The van der Waals surface area contributed by atoms with Gasteiger partial charge in [0.15, 0.2) is 0 Å². The molecule has 0 radical (unpaired) electrons. The molecule has 1 aliphatic heterocycles. The van der Waals surface area contributed by atoms with Crippen LogP contribution in [0.3, 0.4) is 0 Å². The number of nitrogens with zero attached hydrogens (tertiary/aromatic N) is 2. The predicted octanol–water partition coefficient (Wildman–Crippen LogP) is 4.91. The van der Waals surface area contributed by atoms with Gasteiger partial charge in [-0.2, -0.15) is 0 Å². The molecule has 0 atom stereocenters. The predicted molar refractivity (Wildman–Crippen MR) is 108 cm³/mol. The Kier molecular flexibility index (Phi) is 4.66. The van der Waals surface area contributed by atoms with Crippen LogP contribution in [0.1, 0.15) is 17.8 Å². The third-order valence-electron chi connectivity index (χ3n) is 4.63. The zero-order valence-corrected chi connectivity index (χ0v) is 16.9. The highest BCUT2D eigenvalue weighted by molar-refractivity contribution is 7.92. The van der Waals surface area contributed by atoms with E-state index in [4.69, 9.17) is 23.2 Å². The zero-order chi connectivity index (χ0) is 19.2. The Morgan fingerprint density at radius 2 is 1.96 bits per heavy atom. The second kappa shape index (κ2) is 6.86. The van der Waals surface area contributed by atoms with E-state index in [1.165, 1.54) is 12.1 Å². The Balaban J connectivity index is 1.68. The molecule has 5 nitrogen and oxygen atoms in total. The fourth-order valence-corrected chi connectivity index (χ4v) is 5.16. The van der Waals surface area contributed by atoms with Gasteiger partial charge in [0.05, 0.1) is 16.9 Å². The van der Waals surface area contributed by atoms with Gasteiger partial charge < -0.3 is 4.57 Å². The molecule has 3 aromatic rings. The second-order valence-corrected chi connectivity index (χ2v) is 9.00. The van der Waals surface area contributed by atoms with Gasteiger partial charge in [0.25, 0.3) is 10.0 Å². The molecular formula is C19H17Cl2N3O2S. The summed E-state index contributed by atoms with van der Waals surface area (Å²) in [5.41, 5.74) is 3.01. The number of halogens is 2. The zero-order valence-electron chi connectivity index (χ0n) is 14.5. The van der Waals surface area contributed by atoms with E-state index in [-0.39, 0.29) is 9.92 Å². The number of benzene rings is 2. The molecule has 0 saturated heterocycles. The Bertz CT molecular complexity index is 1140. The number of fused-ring (bicyclic) bond motifs is 1. The first-order valence-corrected chi connectivity index (χ1v) is 10.7. The molecule has 0 bridgehead atoms. The standard InChI is InChI=1S/C19H17Cl2N3O2S/c1-12-8-18(16(21)10-15(12)20)27(25,26)23-14-5-2-4-13(9-14)17-11-22-19-6-3-7-24(17)19/h2,4-5,8-11,23H,3,6-7H2,1H3. The maximum atomic E-state index is 12.8. The van der Waals surface area contributed by atoms with E-state index >= 15 is 0 Å². The molecule has 0 aliphatic carbocycles. The van der Waals surface area contributed by atoms with E-state index in [2.05, 4.69) is 14.3 Å². The highest BCUT2D eigenvalue weighted by atomic mass is 35.5. The largest absolute Gasteiger partial charge is 0.328 e. The Hall–Kier alpha value is -2.02. The van der Waals surface area contributed by atoms with Crippen LogP contribution in [0.15, 0.2) is 47.5 Å². The molecular weight excluding hydrogens is 405 g/mol. The number of nitrogens with one attached hydrogen (secondary N) is 1. The Morgan fingerprint density at radius 1 is 1.15 bits per heavy atom. The summed E-state index contributed by atoms with van der Waals surface area (Å²) in [6.07, 6.45) is 3.89. The monoisotopic (exact) mass is 421 g/mol. The van der Waals surface area contributed by atoms with Gasteiger partial charge in [0.2, 0.25) is 0 Å². The number of rotatable bonds is 4. The van der Waals surface area contributed by atoms with E-state index in [1.807, 2.05) is 18.3 Å². The van der Waals surface area contributed by atoms with Crippen molar-refractivity contribution in [1.82, 2.24) is 9.55 Å². The molecule has 1 N–H and O–H groups in total. The van der Waals surface area contributed by atoms with Gasteiger partial charge >= 0.3 is 0 Å². The molecule has 4 rings (SSSR count). The molecule has 0 fully saturated rings. The normalized spacial score (nSPS) is 13.6. The minimum absolute atomic E-state index is 0.00159. The number of aromatic nitrogens is 2. The van der Waals surface area contributed by atoms with Crippen molar-refractivity contribution >= 4 is 38.9 Å². The van der Waals surface area contributed by atoms with Gasteiger partial charge in [-0.25, -0.2) is 13.4 Å². The van der Waals surface area contributed by atoms with Crippen LogP contribution < -0.4 is 4.72 Å². The lowest BCUT2D eigenvalue weighted by Crippen LogP contribution is -2.14. The summed E-state index contributed by atoms with van der Waals surface area (Å²) in [7, 11) is -3.84. The second-order valence-electron chi connectivity index (χ2n) is 6.53. The Labute approximate surface area is 168 Å². The fourth-order valence-electron chi connectivity index (χ4n) is 3.28. The number of hydrogen-bond acceptors (Lipinski definition) is 3. The van der Waals surface area contributed by atoms with Gasteiger partial charge in [-0.05, 0) is 43.2 Å². The minimum atomic E-state index is -3.84. The first kappa shape index (κ1) is 18.3. The summed E-state index contributed by atoms with van der Waals surface area (Å²) in [6, 6.07) is 10.2. The van der Waals surface area contributed by atoms with Crippen LogP contribution in [0.25, 0.3) is 11.3 Å². The Morgan fingerprint density at radius 3 is 2.78 bits per heavy atom. The van der Waals surface area contributed by atoms with Gasteiger partial charge in [-0.3, -0.25) is 4.72 Å². The van der Waals surface area contributed by atoms with Crippen molar-refractivity contribution in [2.45, 2.75) is 31.2 Å². The molecule has 0 saturated carbocycles. The quantitative estimate of drug-likeness (QED) is 0.650. The van der Waals surface area contributed by atoms with Gasteiger partial charge in [0.1, 0.15) is 10.7 Å². The summed E-state index contributed by atoms with van der Waals surface area (Å²) >= 11 is 12.1. The summed E-state index contributed by atoms with van der Waals surface area (Å²) < 4.78 is 30.4. The van der Waals surface area contributed by atoms with Crippen molar-refractivity contribution in [2.75, 3.05) is 4.72 Å². The minimum Gasteiger partial charge on any atom is -0.328 e. The first-order chi connectivity index (χ1) is 12.8. The van der Waals surface area contributed by atoms with Crippen molar-refractivity contribution in [3.8, 4) is 11.3 Å². The topological polar surface area (TPSA) is 64.0 Å². The van der Waals surface area contributed by atoms with Crippen LogP contribution in [-0.2, 0) is 23.0 Å². The molecule has 140 valence electrons. The fraction of sp³-hybridized carbons (Fsp3) is 0.211. The van der Waals surface area contributed by atoms with E-state index < -0.39 is 10.0 Å². The smallest absolute Gasteiger partial charge is 0.263 e. The molecule has 1 aromatic heterocycles. The molecule has 0 unspecified atom stereocenters. The number of hydrogen-bond donors (Lipinski definition) is 1. The lowest BCUT2D eigenvalue weighted by Gasteiger charge is -2.12. The third kappa shape index (κ3) is 3.45. The van der Waals surface area contributed by atoms with Crippen molar-refractivity contribution in [3.63, 3.8) is 0 Å². The lowest BCUT2D eigenvalue weighted by atomic mass is 10.1. The van der Waals surface area contributed by atoms with E-state index in [0.717, 1.165) is 36.5 Å². The van der Waals surface area contributed by atoms with E-state index in [9.17, 15) is 8.42 Å². The average Bonchev–Trinajstić information content (AvgIpc) is 3.21. The maximum absolute atomic E-state index is 12.8. The van der Waals surface area contributed by atoms with Crippen molar-refractivity contribution in [2.24, 2.45) is 0 Å². The molecule has 2 aromatic carbocycles. The van der Waals surface area contributed by atoms with Crippen LogP contribution >= 0.6 is 23.2 Å². The van der Waals surface area contributed by atoms with E-state index in [0.29, 0.717) is 16.3 Å². The molecule has 0 spiro atoms. The summed E-state index contributed by atoms with van der Waals surface area (Å²) in [4.78, 5) is 4.45. The highest BCUT2D eigenvalue weighted by Gasteiger charge is 2.21. The van der Waals surface area contributed by atoms with Gasteiger partial charge in [-0.1, -0.05) is 35.3 Å². The van der Waals surface area contributed by atoms with Crippen LogP contribution in [0.5, 0.6) is 0 Å². The third-order valence-corrected chi connectivity index (χ3v) is 6.89. The molecule has 1 aliphatic rings. The number of aryl methyl sites for hydroxylation is 2. The summed E-state index contributed by atoms with van der Waals surface area (Å²) in [5, 5.41) is 0.512. The van der Waals surface area contributed by atoms with Gasteiger partial charge in [0, 0.05) is 29.2 Å². The summed E-state index contributed by atoms with van der Waals surface area (Å²) in [6.45, 7) is 2.67. The molecule has 0 amide bonds. The SMILES string of the molecule is Cc1cc(S(=O)(=O)Nc2cccc(-c3cnc4n3CCC4)c2)c(Cl)cc1Cl. The van der Waals surface area contributed by atoms with Crippen molar-refractivity contribution in [3.05, 3.63) is 64.0 Å². The van der Waals surface area contributed by atoms with Gasteiger partial charge in [-0.15, -0.1) is 0 Å². The van der Waals surface area contributed by atoms with Crippen LogP contribution in [0.2, 0.25) is 10.0 Å². The number of imidazole rings is 1. The first-order valence-electron chi connectivity index (χ1n) is 8.48. The average molecular weight is 422 g/mol. The highest BCUT2D eigenvalue weighted by Crippen LogP contribution is 2.31. The number of sulfonamides is 1. The maximum Gasteiger partial charge on any atom is 0.263 e. The molecule has 2 heterocycles. The molecule has 8 heteroatoms.